The van der Waals surface area contributed by atoms with Crippen molar-refractivity contribution in [3.63, 3.8) is 0 Å². The van der Waals surface area contributed by atoms with Gasteiger partial charge in [0, 0.05) is 60.4 Å². The van der Waals surface area contributed by atoms with Crippen molar-refractivity contribution in [2.75, 3.05) is 4.90 Å². The fourth-order valence-electron chi connectivity index (χ4n) is 9.98. The van der Waals surface area contributed by atoms with Crippen LogP contribution in [0.1, 0.15) is 0 Å². The maximum Gasteiger partial charge on any atom is 0.143 e. The van der Waals surface area contributed by atoms with Crippen LogP contribution in [0, 0.1) is 0 Å². The highest BCUT2D eigenvalue weighted by atomic mass is 16.3. The Labute approximate surface area is 369 Å². The highest BCUT2D eigenvalue weighted by Crippen LogP contribution is 2.49. The van der Waals surface area contributed by atoms with Gasteiger partial charge in [0.25, 0.3) is 0 Å². The number of nitrogens with zero attached hydrogens (tertiary/aromatic N) is 2. The van der Waals surface area contributed by atoms with Crippen molar-refractivity contribution in [2.24, 2.45) is 0 Å². The van der Waals surface area contributed by atoms with E-state index in [1.165, 1.54) is 5.39 Å². The smallest absolute Gasteiger partial charge is 0.143 e. The van der Waals surface area contributed by atoms with E-state index in [1.807, 2.05) is 12.1 Å². The molecular formula is C60H38N2O2. The van der Waals surface area contributed by atoms with Crippen LogP contribution in [-0.4, -0.2) is 4.57 Å². The molecule has 0 spiro atoms. The third kappa shape index (κ3) is 5.63. The monoisotopic (exact) mass is 818 g/mol. The van der Waals surface area contributed by atoms with Crippen LogP contribution >= 0.6 is 0 Å². The number of hydrogen-bond donors (Lipinski definition) is 0. The third-order valence-electron chi connectivity index (χ3n) is 12.8. The molecule has 4 heteroatoms. The van der Waals surface area contributed by atoms with Crippen LogP contribution in [-0.2, 0) is 0 Å². The van der Waals surface area contributed by atoms with Crippen LogP contribution in [0.2, 0.25) is 0 Å². The zero-order chi connectivity index (χ0) is 42.1. The van der Waals surface area contributed by atoms with Gasteiger partial charge < -0.3 is 18.3 Å². The van der Waals surface area contributed by atoms with E-state index < -0.39 is 0 Å². The lowest BCUT2D eigenvalue weighted by atomic mass is 9.94. The van der Waals surface area contributed by atoms with Gasteiger partial charge in [-0.25, -0.2) is 0 Å². The van der Waals surface area contributed by atoms with Crippen LogP contribution < -0.4 is 4.90 Å². The topological polar surface area (TPSA) is 34.5 Å². The van der Waals surface area contributed by atoms with Crippen LogP contribution in [0.25, 0.3) is 105 Å². The molecule has 0 aliphatic rings. The minimum absolute atomic E-state index is 0.859. The molecule has 10 aromatic carbocycles. The summed E-state index contributed by atoms with van der Waals surface area (Å²) in [7, 11) is 0. The highest BCUT2D eigenvalue weighted by molar-refractivity contribution is 6.18. The van der Waals surface area contributed by atoms with Crippen molar-refractivity contribution in [1.29, 1.82) is 0 Å². The highest BCUT2D eigenvalue weighted by Gasteiger charge is 2.25. The summed E-state index contributed by atoms with van der Waals surface area (Å²) < 4.78 is 15.9. The Hall–Kier alpha value is -8.60. The number of aromatic nitrogens is 1. The first-order valence-electron chi connectivity index (χ1n) is 21.8. The molecule has 0 amide bonds. The molecule has 0 aliphatic carbocycles. The lowest BCUT2D eigenvalue weighted by Gasteiger charge is -2.30. The molecule has 64 heavy (non-hydrogen) atoms. The van der Waals surface area contributed by atoms with Gasteiger partial charge >= 0.3 is 0 Å². The number of para-hydroxylation sites is 7. The van der Waals surface area contributed by atoms with Gasteiger partial charge in [-0.15, -0.1) is 0 Å². The second kappa shape index (κ2) is 14.5. The van der Waals surface area contributed by atoms with E-state index in [4.69, 9.17) is 8.83 Å². The normalized spacial score (nSPS) is 11.8. The minimum Gasteiger partial charge on any atom is -0.455 e. The van der Waals surface area contributed by atoms with Gasteiger partial charge in [-0.1, -0.05) is 164 Å². The van der Waals surface area contributed by atoms with Gasteiger partial charge in [0.2, 0.25) is 0 Å². The molecular weight excluding hydrogens is 781 g/mol. The first kappa shape index (κ1) is 36.1. The van der Waals surface area contributed by atoms with Gasteiger partial charge in [0.1, 0.15) is 22.3 Å². The van der Waals surface area contributed by atoms with Crippen molar-refractivity contribution in [3.05, 3.63) is 231 Å². The standard InChI is InChI=1S/C60H38N2O2/c1-3-18-39(19-4-1)44-22-7-11-30-52(44)62(55-33-17-32-54-58(55)51-25-8-12-31-53(51)61(54)42-20-5-2-6-21-42)43-37-40(45-26-15-28-49-47-23-9-13-34-56(47)63-59(45)49)36-41(38-43)46-27-16-29-50-48-24-10-14-35-57(48)64-60(46)50/h1-38H. The second-order valence-electron chi connectivity index (χ2n) is 16.4. The Morgan fingerprint density at radius 2 is 0.812 bits per heavy atom. The average molecular weight is 819 g/mol. The summed E-state index contributed by atoms with van der Waals surface area (Å²) in [6.45, 7) is 0. The molecule has 0 saturated heterocycles. The molecule has 300 valence electrons. The van der Waals surface area contributed by atoms with E-state index in [-0.39, 0.29) is 0 Å². The zero-order valence-corrected chi connectivity index (χ0v) is 34.7. The SMILES string of the molecule is c1ccc(-c2ccccc2N(c2cc(-c3cccc4c3oc3ccccc34)cc(-c3cccc4c3oc3ccccc34)c2)c2cccc3c2c2ccccc2n3-c2ccccc2)cc1. The third-order valence-corrected chi connectivity index (χ3v) is 12.8. The predicted molar refractivity (Wildman–Crippen MR) is 266 cm³/mol. The predicted octanol–water partition coefficient (Wildman–Crippen LogP) is 17.1. The van der Waals surface area contributed by atoms with E-state index in [0.717, 1.165) is 116 Å². The summed E-state index contributed by atoms with van der Waals surface area (Å²) >= 11 is 0. The Kier molecular flexibility index (Phi) is 8.18. The average Bonchev–Trinajstić information content (AvgIpc) is 4.05. The van der Waals surface area contributed by atoms with E-state index >= 15 is 0 Å². The summed E-state index contributed by atoms with van der Waals surface area (Å²) in [6, 6.07) is 82.2. The fourth-order valence-corrected chi connectivity index (χ4v) is 9.98. The van der Waals surface area contributed by atoms with Crippen molar-refractivity contribution < 1.29 is 8.83 Å². The summed E-state index contributed by atoms with van der Waals surface area (Å²) in [4.78, 5) is 2.47. The molecule has 0 aliphatic heterocycles. The van der Waals surface area contributed by atoms with Crippen molar-refractivity contribution in [1.82, 2.24) is 4.57 Å². The minimum atomic E-state index is 0.859. The molecule has 3 aromatic heterocycles. The Morgan fingerprint density at radius 3 is 1.48 bits per heavy atom. The lowest BCUT2D eigenvalue weighted by Crippen LogP contribution is -2.12. The maximum atomic E-state index is 6.76. The Morgan fingerprint density at radius 1 is 0.328 bits per heavy atom. The van der Waals surface area contributed by atoms with E-state index in [1.54, 1.807) is 0 Å². The molecule has 0 unspecified atom stereocenters. The van der Waals surface area contributed by atoms with Gasteiger partial charge in [0.15, 0.2) is 0 Å². The van der Waals surface area contributed by atoms with E-state index in [2.05, 4.69) is 228 Å². The largest absolute Gasteiger partial charge is 0.455 e. The van der Waals surface area contributed by atoms with Gasteiger partial charge in [-0.3, -0.25) is 0 Å². The fraction of sp³-hybridized carbons (Fsp3) is 0. The number of rotatable bonds is 7. The summed E-state index contributed by atoms with van der Waals surface area (Å²) in [5.74, 6) is 0. The molecule has 0 N–H and O–H groups in total. The maximum absolute atomic E-state index is 6.76. The summed E-state index contributed by atoms with van der Waals surface area (Å²) in [5, 5.41) is 6.71. The quantitative estimate of drug-likeness (QED) is 0.161. The molecule has 0 bridgehead atoms. The number of benzene rings is 10. The Balaban J connectivity index is 1.16. The molecule has 13 rings (SSSR count). The molecule has 13 aromatic rings. The number of hydrogen-bond acceptors (Lipinski definition) is 3. The van der Waals surface area contributed by atoms with Crippen LogP contribution in [0.5, 0.6) is 0 Å². The molecule has 3 heterocycles. The van der Waals surface area contributed by atoms with Crippen molar-refractivity contribution in [3.8, 4) is 39.1 Å². The lowest BCUT2D eigenvalue weighted by molar-refractivity contribution is 0.670. The van der Waals surface area contributed by atoms with Crippen LogP contribution in [0.3, 0.4) is 0 Å². The van der Waals surface area contributed by atoms with Gasteiger partial charge in [-0.05, 0) is 83.4 Å². The second-order valence-corrected chi connectivity index (χ2v) is 16.4. The van der Waals surface area contributed by atoms with E-state index in [9.17, 15) is 0 Å². The number of fused-ring (bicyclic) bond motifs is 9. The zero-order valence-electron chi connectivity index (χ0n) is 34.7. The number of furan rings is 2. The summed E-state index contributed by atoms with van der Waals surface area (Å²) in [5.41, 5.74) is 16.3. The first-order chi connectivity index (χ1) is 31.8. The van der Waals surface area contributed by atoms with E-state index in [0.29, 0.717) is 0 Å². The first-order valence-corrected chi connectivity index (χ1v) is 21.8. The van der Waals surface area contributed by atoms with Crippen molar-refractivity contribution in [2.45, 2.75) is 0 Å². The molecule has 4 nitrogen and oxygen atoms in total. The number of anilines is 3. The van der Waals surface area contributed by atoms with Gasteiger partial charge in [0.05, 0.1) is 22.4 Å². The molecule has 0 radical (unpaired) electrons. The molecule has 0 fully saturated rings. The summed E-state index contributed by atoms with van der Waals surface area (Å²) in [6.07, 6.45) is 0. The van der Waals surface area contributed by atoms with Crippen LogP contribution in [0.15, 0.2) is 239 Å². The molecule has 0 atom stereocenters. The molecule has 0 saturated carbocycles. The van der Waals surface area contributed by atoms with Crippen molar-refractivity contribution >= 4 is 82.7 Å². The van der Waals surface area contributed by atoms with Gasteiger partial charge in [-0.2, -0.15) is 0 Å². The Bertz CT molecular complexity index is 3780. The van der Waals surface area contributed by atoms with Crippen LogP contribution in [0.4, 0.5) is 17.1 Å².